The van der Waals surface area contributed by atoms with Gasteiger partial charge in [0.1, 0.15) is 11.3 Å². The van der Waals surface area contributed by atoms with E-state index in [2.05, 4.69) is 4.98 Å². The maximum atomic E-state index is 12.3. The number of aryl methyl sites for hydroxylation is 2. The van der Waals surface area contributed by atoms with Gasteiger partial charge in [-0.25, -0.2) is 4.98 Å². The highest BCUT2D eigenvalue weighted by molar-refractivity contribution is 6.39. The van der Waals surface area contributed by atoms with Crippen LogP contribution in [0.1, 0.15) is 17.7 Å². The number of carbonyl (C=O) groups is 1. The number of halogens is 2. The third-order valence-corrected chi connectivity index (χ3v) is 4.56. The summed E-state index contributed by atoms with van der Waals surface area (Å²) < 4.78 is 10.6. The lowest BCUT2D eigenvalue weighted by Crippen LogP contribution is -2.10. The van der Waals surface area contributed by atoms with Gasteiger partial charge in [0.25, 0.3) is 0 Å². The Morgan fingerprint density at radius 1 is 1.08 bits per heavy atom. The molecule has 0 amide bonds. The van der Waals surface area contributed by atoms with Crippen molar-refractivity contribution in [2.24, 2.45) is 0 Å². The molecule has 0 aliphatic rings. The summed E-state index contributed by atoms with van der Waals surface area (Å²) in [4.78, 5) is 16.7. The summed E-state index contributed by atoms with van der Waals surface area (Å²) in [5.74, 6) is 0.640. The van der Waals surface area contributed by atoms with Gasteiger partial charge in [-0.1, -0.05) is 35.3 Å². The Hall–Kier alpha value is -2.30. The van der Waals surface area contributed by atoms with Crippen molar-refractivity contribution in [3.63, 3.8) is 0 Å². The number of ether oxygens (including phenoxy) is 2. The van der Waals surface area contributed by atoms with Gasteiger partial charge in [0.2, 0.25) is 0 Å². The standard InChI is InChI=1S/C20H17Cl2NO3/c1-12-3-9-15-16(21)11-17(22)20(19(15)23-12)26-18(24)10-6-13-4-7-14(25-2)8-5-13/h3-5,7-9,11H,6,10H2,1-2H3. The Labute approximate surface area is 161 Å². The number of aromatic nitrogens is 1. The van der Waals surface area contributed by atoms with Crippen LogP contribution in [0.3, 0.4) is 0 Å². The lowest BCUT2D eigenvalue weighted by atomic mass is 10.1. The number of hydrogen-bond donors (Lipinski definition) is 0. The van der Waals surface area contributed by atoms with Gasteiger partial charge in [-0.15, -0.1) is 0 Å². The molecule has 0 aliphatic heterocycles. The first-order valence-electron chi connectivity index (χ1n) is 8.07. The normalized spacial score (nSPS) is 10.8. The van der Waals surface area contributed by atoms with Crippen molar-refractivity contribution in [1.82, 2.24) is 4.98 Å². The third-order valence-electron chi connectivity index (χ3n) is 3.97. The monoisotopic (exact) mass is 389 g/mol. The molecule has 4 nitrogen and oxygen atoms in total. The van der Waals surface area contributed by atoms with Gasteiger partial charge in [-0.2, -0.15) is 0 Å². The molecule has 3 rings (SSSR count). The van der Waals surface area contributed by atoms with Crippen molar-refractivity contribution < 1.29 is 14.3 Å². The fourth-order valence-corrected chi connectivity index (χ4v) is 3.15. The summed E-state index contributed by atoms with van der Waals surface area (Å²) in [6.45, 7) is 1.85. The fraction of sp³-hybridized carbons (Fsp3) is 0.200. The molecule has 0 bridgehead atoms. The van der Waals surface area contributed by atoms with E-state index < -0.39 is 0 Å². The second-order valence-electron chi connectivity index (χ2n) is 5.84. The average molecular weight is 390 g/mol. The molecule has 26 heavy (non-hydrogen) atoms. The Kier molecular flexibility index (Phi) is 5.64. The number of methoxy groups -OCH3 is 1. The van der Waals surface area contributed by atoms with Crippen LogP contribution in [-0.4, -0.2) is 18.1 Å². The highest BCUT2D eigenvalue weighted by Crippen LogP contribution is 2.37. The highest BCUT2D eigenvalue weighted by Gasteiger charge is 2.16. The smallest absolute Gasteiger partial charge is 0.311 e. The van der Waals surface area contributed by atoms with Gasteiger partial charge in [0.05, 0.1) is 17.2 Å². The van der Waals surface area contributed by atoms with Crippen molar-refractivity contribution in [3.05, 3.63) is 63.8 Å². The number of fused-ring (bicyclic) bond motifs is 1. The second-order valence-corrected chi connectivity index (χ2v) is 6.65. The van der Waals surface area contributed by atoms with E-state index in [0.717, 1.165) is 17.0 Å². The Morgan fingerprint density at radius 2 is 1.81 bits per heavy atom. The number of hydrogen-bond acceptors (Lipinski definition) is 4. The molecule has 0 aliphatic carbocycles. The zero-order chi connectivity index (χ0) is 18.7. The Morgan fingerprint density at radius 3 is 2.50 bits per heavy atom. The largest absolute Gasteiger partial charge is 0.497 e. The minimum Gasteiger partial charge on any atom is -0.497 e. The fourth-order valence-electron chi connectivity index (χ4n) is 2.59. The second kappa shape index (κ2) is 7.94. The molecule has 0 saturated heterocycles. The van der Waals surface area contributed by atoms with Crippen LogP contribution in [0.5, 0.6) is 11.5 Å². The molecule has 0 atom stereocenters. The van der Waals surface area contributed by atoms with E-state index in [0.29, 0.717) is 22.3 Å². The number of esters is 1. The van der Waals surface area contributed by atoms with Crippen LogP contribution in [0.4, 0.5) is 0 Å². The first kappa shape index (κ1) is 18.5. The molecular formula is C20H17Cl2NO3. The van der Waals surface area contributed by atoms with Gasteiger partial charge >= 0.3 is 5.97 Å². The maximum absolute atomic E-state index is 12.3. The molecule has 2 aromatic carbocycles. The number of rotatable bonds is 5. The maximum Gasteiger partial charge on any atom is 0.311 e. The molecule has 0 saturated carbocycles. The number of pyridine rings is 1. The van der Waals surface area contributed by atoms with E-state index in [-0.39, 0.29) is 23.2 Å². The van der Waals surface area contributed by atoms with Crippen LogP contribution < -0.4 is 9.47 Å². The molecule has 0 radical (unpaired) electrons. The van der Waals surface area contributed by atoms with E-state index in [1.807, 2.05) is 43.3 Å². The van der Waals surface area contributed by atoms with E-state index in [9.17, 15) is 4.79 Å². The number of carbonyl (C=O) groups excluding carboxylic acids is 1. The number of nitrogens with zero attached hydrogens (tertiary/aromatic N) is 1. The van der Waals surface area contributed by atoms with Crippen molar-refractivity contribution >= 4 is 40.1 Å². The van der Waals surface area contributed by atoms with Crippen molar-refractivity contribution in [1.29, 1.82) is 0 Å². The molecule has 3 aromatic rings. The SMILES string of the molecule is COc1ccc(CCC(=O)Oc2c(Cl)cc(Cl)c3ccc(C)nc23)cc1. The molecule has 0 spiro atoms. The summed E-state index contributed by atoms with van der Waals surface area (Å²) in [5.41, 5.74) is 2.29. The molecule has 6 heteroatoms. The summed E-state index contributed by atoms with van der Waals surface area (Å²) in [5, 5.41) is 1.42. The van der Waals surface area contributed by atoms with Gasteiger partial charge < -0.3 is 9.47 Å². The van der Waals surface area contributed by atoms with E-state index in [4.69, 9.17) is 32.7 Å². The average Bonchev–Trinajstić information content (AvgIpc) is 2.63. The van der Waals surface area contributed by atoms with Gasteiger partial charge in [0.15, 0.2) is 5.75 Å². The van der Waals surface area contributed by atoms with Crippen LogP contribution in [0, 0.1) is 6.92 Å². The van der Waals surface area contributed by atoms with Crippen LogP contribution in [-0.2, 0) is 11.2 Å². The summed E-state index contributed by atoms with van der Waals surface area (Å²) in [6.07, 6.45) is 0.775. The zero-order valence-electron chi connectivity index (χ0n) is 14.4. The number of benzene rings is 2. The lowest BCUT2D eigenvalue weighted by molar-refractivity contribution is -0.134. The molecule has 0 N–H and O–H groups in total. The molecule has 0 fully saturated rings. The van der Waals surface area contributed by atoms with Crippen LogP contribution in [0.15, 0.2) is 42.5 Å². The predicted octanol–water partition coefficient (Wildman–Crippen LogP) is 5.40. The Bertz CT molecular complexity index is 955. The quantitative estimate of drug-likeness (QED) is 0.433. The molecule has 1 aromatic heterocycles. The summed E-state index contributed by atoms with van der Waals surface area (Å²) in [6, 6.07) is 12.8. The van der Waals surface area contributed by atoms with Crippen molar-refractivity contribution in [3.8, 4) is 11.5 Å². The van der Waals surface area contributed by atoms with E-state index >= 15 is 0 Å². The topological polar surface area (TPSA) is 48.4 Å². The van der Waals surface area contributed by atoms with Crippen LogP contribution in [0.2, 0.25) is 10.0 Å². The van der Waals surface area contributed by atoms with Gasteiger partial charge in [-0.3, -0.25) is 4.79 Å². The lowest BCUT2D eigenvalue weighted by Gasteiger charge is -2.11. The molecular weight excluding hydrogens is 373 g/mol. The molecule has 0 unspecified atom stereocenters. The third kappa shape index (κ3) is 4.09. The first-order valence-corrected chi connectivity index (χ1v) is 8.82. The van der Waals surface area contributed by atoms with Gasteiger partial charge in [0, 0.05) is 17.5 Å². The van der Waals surface area contributed by atoms with Crippen LogP contribution in [0.25, 0.3) is 10.9 Å². The van der Waals surface area contributed by atoms with Crippen molar-refractivity contribution in [2.45, 2.75) is 19.8 Å². The van der Waals surface area contributed by atoms with E-state index in [1.54, 1.807) is 13.2 Å². The minimum atomic E-state index is -0.380. The summed E-state index contributed by atoms with van der Waals surface area (Å²) in [7, 11) is 1.61. The van der Waals surface area contributed by atoms with E-state index in [1.165, 1.54) is 0 Å². The van der Waals surface area contributed by atoms with Crippen LogP contribution >= 0.6 is 23.2 Å². The molecule has 134 valence electrons. The van der Waals surface area contributed by atoms with Gasteiger partial charge in [-0.05, 0) is 49.2 Å². The summed E-state index contributed by atoms with van der Waals surface area (Å²) >= 11 is 12.5. The minimum absolute atomic E-state index is 0.221. The first-order chi connectivity index (χ1) is 12.5. The predicted molar refractivity (Wildman–Crippen MR) is 103 cm³/mol. The Balaban J connectivity index is 1.77. The molecule has 1 heterocycles. The zero-order valence-corrected chi connectivity index (χ0v) is 15.9. The highest BCUT2D eigenvalue weighted by atomic mass is 35.5. The van der Waals surface area contributed by atoms with Crippen molar-refractivity contribution in [2.75, 3.05) is 7.11 Å².